The molecule has 2 aromatic heterocycles. The topological polar surface area (TPSA) is 314 Å². The van der Waals surface area contributed by atoms with Gasteiger partial charge in [-0.1, -0.05) is 69.3 Å². The molecular weight excluding hydrogens is 1120 g/mol. The summed E-state index contributed by atoms with van der Waals surface area (Å²) >= 11 is 0. The second-order valence-corrected chi connectivity index (χ2v) is 25.9. The number of fused-ring (bicyclic) bond motifs is 6. The van der Waals surface area contributed by atoms with Crippen LogP contribution >= 0.6 is 0 Å². The van der Waals surface area contributed by atoms with E-state index in [1.807, 2.05) is 78.9 Å². The summed E-state index contributed by atoms with van der Waals surface area (Å²) in [5.74, 6) is -4.79. The van der Waals surface area contributed by atoms with Crippen molar-refractivity contribution in [2.24, 2.45) is 0 Å². The molecule has 4 heterocycles. The van der Waals surface area contributed by atoms with E-state index in [2.05, 4.69) is 75.3 Å². The number of allylic oxidation sites excluding steroid dienone is 4. The number of nitrogens with one attached hydrogen (secondary N) is 4. The Morgan fingerprint density at radius 2 is 1.06 bits per heavy atom. The summed E-state index contributed by atoms with van der Waals surface area (Å²) < 4.78 is 103. The van der Waals surface area contributed by atoms with Gasteiger partial charge in [-0.3, -0.25) is 28.3 Å². The SMILES string of the molecule is CCCN1/C(=C/C=C/C2=[N+](CCCS(=O)(=O)[O-])c3c(cc(-c4cc(C(=O)NCC)nc(C(=O)NCC)c4)c4ccccc34)C2(C)C)C(C)(C)c2cc(-c3cc(C(=O)NCCS(=O)(=O)O)nc(C(=O)NCCS(=O)(=O)O)c3)c3ccccc3c21. The molecule has 8 rings (SSSR count). The Kier molecular flexibility index (Phi) is 17.9. The molecule has 2 aliphatic rings. The summed E-state index contributed by atoms with van der Waals surface area (Å²) in [5, 5.41) is 13.6. The van der Waals surface area contributed by atoms with E-state index in [0.717, 1.165) is 67.4 Å². The highest BCUT2D eigenvalue weighted by Crippen LogP contribution is 2.53. The van der Waals surface area contributed by atoms with Crippen LogP contribution in [0.5, 0.6) is 0 Å². The van der Waals surface area contributed by atoms with Gasteiger partial charge in [-0.25, -0.2) is 18.4 Å². The van der Waals surface area contributed by atoms with Crippen molar-refractivity contribution in [3.63, 3.8) is 0 Å². The molecule has 4 aromatic carbocycles. The van der Waals surface area contributed by atoms with Crippen LogP contribution in [0.25, 0.3) is 43.8 Å². The maximum atomic E-state index is 13.6. The Bertz CT molecular complexity index is 3980. The minimum Gasteiger partial charge on any atom is -0.748 e. The molecule has 0 radical (unpaired) electrons. The molecule has 0 fully saturated rings. The van der Waals surface area contributed by atoms with Gasteiger partial charge in [0.05, 0.1) is 38.1 Å². The van der Waals surface area contributed by atoms with Gasteiger partial charge in [0.1, 0.15) is 29.3 Å². The first kappa shape index (κ1) is 61.3. The Hall–Kier alpha value is -7.74. The average Bonchev–Trinajstić information content (AvgIpc) is 2.47. The molecule has 438 valence electrons. The van der Waals surface area contributed by atoms with Crippen LogP contribution in [0, 0.1) is 0 Å². The van der Waals surface area contributed by atoms with Gasteiger partial charge in [0, 0.05) is 73.0 Å². The number of amides is 4. The molecule has 6 aromatic rings. The van der Waals surface area contributed by atoms with Crippen LogP contribution in [0.2, 0.25) is 0 Å². The number of carbonyl (C=O) groups excluding carboxylic acids is 4. The molecule has 2 aliphatic heterocycles. The van der Waals surface area contributed by atoms with E-state index in [4.69, 9.17) is 0 Å². The Labute approximate surface area is 482 Å². The zero-order valence-electron chi connectivity index (χ0n) is 47.0. The fourth-order valence-corrected chi connectivity index (χ4v) is 12.1. The van der Waals surface area contributed by atoms with Crippen molar-refractivity contribution in [2.75, 3.05) is 61.4 Å². The zero-order valence-corrected chi connectivity index (χ0v) is 49.4. The van der Waals surface area contributed by atoms with Crippen LogP contribution in [0.1, 0.15) is 114 Å². The highest BCUT2D eigenvalue weighted by Gasteiger charge is 2.46. The van der Waals surface area contributed by atoms with E-state index in [1.165, 1.54) is 12.1 Å². The highest BCUT2D eigenvalue weighted by atomic mass is 32.2. The first-order valence-electron chi connectivity index (χ1n) is 27.0. The predicted molar refractivity (Wildman–Crippen MR) is 318 cm³/mol. The van der Waals surface area contributed by atoms with Crippen LogP contribution in [-0.4, -0.2) is 139 Å². The molecule has 0 unspecified atom stereocenters. The summed E-state index contributed by atoms with van der Waals surface area (Å²) in [5.41, 5.74) is 5.50. The fourth-order valence-electron chi connectivity index (χ4n) is 10.9. The van der Waals surface area contributed by atoms with Crippen molar-refractivity contribution in [3.8, 4) is 22.3 Å². The number of nitrogens with zero attached hydrogens (tertiary/aromatic N) is 4. The van der Waals surface area contributed by atoms with Crippen molar-refractivity contribution < 1.29 is 62.7 Å². The monoisotopic (exact) mass is 1190 g/mol. The van der Waals surface area contributed by atoms with Gasteiger partial charge >= 0.3 is 0 Å². The number of hydrogen-bond donors (Lipinski definition) is 6. The number of rotatable bonds is 22. The summed E-state index contributed by atoms with van der Waals surface area (Å²) in [6.45, 7) is 14.4. The first-order valence-corrected chi connectivity index (χ1v) is 31.8. The van der Waals surface area contributed by atoms with Gasteiger partial charge in [-0.2, -0.15) is 21.4 Å². The lowest BCUT2D eigenvalue weighted by atomic mass is 9.79. The van der Waals surface area contributed by atoms with E-state index in [1.54, 1.807) is 26.0 Å². The second kappa shape index (κ2) is 24.2. The molecule has 0 aliphatic carbocycles. The molecule has 6 N–H and O–H groups in total. The van der Waals surface area contributed by atoms with Crippen LogP contribution in [0.15, 0.2) is 109 Å². The number of anilines is 1. The summed E-state index contributed by atoms with van der Waals surface area (Å²) in [7, 11) is -13.5. The second-order valence-electron chi connectivity index (χ2n) is 21.3. The van der Waals surface area contributed by atoms with Crippen LogP contribution in [0.4, 0.5) is 11.4 Å². The molecule has 21 nitrogen and oxygen atoms in total. The van der Waals surface area contributed by atoms with E-state index in [9.17, 15) is 58.1 Å². The maximum Gasteiger partial charge on any atom is 0.269 e. The quantitative estimate of drug-likeness (QED) is 0.0300. The van der Waals surface area contributed by atoms with Crippen molar-refractivity contribution in [1.82, 2.24) is 31.2 Å². The lowest BCUT2D eigenvalue weighted by Crippen LogP contribution is -2.32. The van der Waals surface area contributed by atoms with E-state index < -0.39 is 95.2 Å². The molecule has 0 spiro atoms. The maximum absolute atomic E-state index is 13.6. The lowest BCUT2D eigenvalue weighted by Gasteiger charge is -2.27. The molecule has 0 saturated carbocycles. The van der Waals surface area contributed by atoms with Crippen LogP contribution in [-0.2, 0) is 41.2 Å². The largest absolute Gasteiger partial charge is 0.748 e. The predicted octanol–water partition coefficient (Wildman–Crippen LogP) is 6.81. The number of carbonyl (C=O) groups is 4. The van der Waals surface area contributed by atoms with Gasteiger partial charge in [-0.05, 0) is 121 Å². The normalized spacial score (nSPS) is 15.3. The van der Waals surface area contributed by atoms with Crippen LogP contribution < -0.4 is 26.2 Å². The third-order valence-electron chi connectivity index (χ3n) is 14.7. The van der Waals surface area contributed by atoms with Crippen molar-refractivity contribution in [2.45, 2.75) is 72.1 Å². The lowest BCUT2D eigenvalue weighted by molar-refractivity contribution is -0.435. The minimum absolute atomic E-state index is 0.0198. The van der Waals surface area contributed by atoms with E-state index in [0.29, 0.717) is 36.3 Å². The highest BCUT2D eigenvalue weighted by molar-refractivity contribution is 7.86. The van der Waals surface area contributed by atoms with Crippen molar-refractivity contribution in [3.05, 3.63) is 143 Å². The summed E-state index contributed by atoms with van der Waals surface area (Å²) in [6.07, 6.45) is 6.75. The summed E-state index contributed by atoms with van der Waals surface area (Å²) in [6, 6.07) is 25.6. The van der Waals surface area contributed by atoms with Gasteiger partial charge < -0.3 is 30.7 Å². The Morgan fingerprint density at radius 1 is 0.614 bits per heavy atom. The number of pyridine rings is 2. The minimum atomic E-state index is -4.58. The number of hydrogen-bond acceptors (Lipinski definition) is 14. The summed E-state index contributed by atoms with van der Waals surface area (Å²) in [4.78, 5) is 64.9. The zero-order chi connectivity index (χ0) is 60.4. The standard InChI is InChI=1S/C59H66N8O13S3/c1-8-25-66-50(58(4,5)44-34-42(38-17-11-13-19-40(38)52(44)66)37-32-48(56(70)62-23-28-82(75,76)77)65-49(33-37)57(71)63-24-29-83(78,79)80)21-15-22-51-59(6,7)45-35-43(36-30-46(54(68)60-9-2)64-47(31-36)55(69)61-10-3)39-18-12-14-20-41(39)53(45)67(51)26-16-27-81(72,73)74/h11-15,17-22,30-35H,8-10,16,23-29H2,1-7H3,(H6-,60,61,62,63,68,69,70,71,72,73,74,75,76,77,78,79,80). The van der Waals surface area contributed by atoms with Gasteiger partial charge in [0.15, 0.2) is 5.71 Å². The Morgan fingerprint density at radius 3 is 1.52 bits per heavy atom. The van der Waals surface area contributed by atoms with Gasteiger partial charge in [-0.15, -0.1) is 0 Å². The van der Waals surface area contributed by atoms with E-state index >= 15 is 0 Å². The number of aromatic nitrogens is 2. The van der Waals surface area contributed by atoms with E-state index in [-0.39, 0.29) is 35.7 Å². The molecular formula is C59H66N8O13S3. The van der Waals surface area contributed by atoms with Gasteiger partial charge in [0.25, 0.3) is 43.9 Å². The smallest absolute Gasteiger partial charge is 0.269 e. The Balaban J connectivity index is 1.27. The van der Waals surface area contributed by atoms with Crippen molar-refractivity contribution >= 4 is 92.6 Å². The first-order chi connectivity index (χ1) is 39.1. The molecule has 0 bridgehead atoms. The third-order valence-corrected chi connectivity index (χ3v) is 16.9. The molecule has 0 atom stereocenters. The fraction of sp³-hybridized carbons (Fsp3) is 0.339. The molecule has 4 amide bonds. The average molecular weight is 1190 g/mol. The third kappa shape index (κ3) is 13.4. The van der Waals surface area contributed by atoms with Crippen LogP contribution in [0.3, 0.4) is 0 Å². The molecule has 24 heteroatoms. The van der Waals surface area contributed by atoms with Crippen molar-refractivity contribution in [1.29, 1.82) is 0 Å². The molecule has 83 heavy (non-hydrogen) atoms. The number of benzene rings is 4. The van der Waals surface area contributed by atoms with Gasteiger partial charge in [0.2, 0.25) is 5.69 Å². The molecule has 0 saturated heterocycles.